The minimum atomic E-state index is -0.227. The van der Waals surface area contributed by atoms with Crippen LogP contribution in [0.25, 0.3) is 11.3 Å². The minimum absolute atomic E-state index is 0.227. The van der Waals surface area contributed by atoms with E-state index < -0.39 is 0 Å². The summed E-state index contributed by atoms with van der Waals surface area (Å²) >= 11 is 0. The molecule has 1 N–H and O–H groups in total. The number of aryl methyl sites for hydroxylation is 1. The van der Waals surface area contributed by atoms with Crippen molar-refractivity contribution in [1.29, 1.82) is 0 Å². The van der Waals surface area contributed by atoms with Crippen LogP contribution >= 0.6 is 0 Å². The first-order valence-corrected chi connectivity index (χ1v) is 4.03. The monoisotopic (exact) mass is 176 g/mol. The van der Waals surface area contributed by atoms with Crippen molar-refractivity contribution in [3.05, 3.63) is 41.8 Å². The Balaban J connectivity index is 2.57. The molecule has 0 radical (unpaired) electrons. The van der Waals surface area contributed by atoms with Gasteiger partial charge in [0, 0.05) is 11.8 Å². The fourth-order valence-corrected chi connectivity index (χ4v) is 1.25. The topological polar surface area (TPSA) is 28.7 Å². The smallest absolute Gasteiger partial charge is 0.132 e. The third-order valence-electron chi connectivity index (χ3n) is 1.91. The molecular weight excluding hydrogens is 167 g/mol. The SMILES string of the molecule is Cc1ccc(F)c(-c2ccn[nH]2)c1. The van der Waals surface area contributed by atoms with Gasteiger partial charge in [0.1, 0.15) is 5.82 Å². The highest BCUT2D eigenvalue weighted by Crippen LogP contribution is 2.20. The van der Waals surface area contributed by atoms with Crippen LogP contribution in [0.1, 0.15) is 5.56 Å². The number of nitrogens with one attached hydrogen (secondary N) is 1. The molecular formula is C10H9FN2. The molecule has 66 valence electrons. The molecule has 0 spiro atoms. The Kier molecular flexibility index (Phi) is 1.85. The van der Waals surface area contributed by atoms with Gasteiger partial charge in [0.25, 0.3) is 0 Å². The Morgan fingerprint density at radius 1 is 1.31 bits per heavy atom. The number of rotatable bonds is 1. The first-order valence-electron chi connectivity index (χ1n) is 4.03. The molecule has 0 saturated heterocycles. The molecule has 3 heteroatoms. The molecule has 1 aromatic carbocycles. The van der Waals surface area contributed by atoms with Crippen LogP contribution in [0.15, 0.2) is 30.5 Å². The summed E-state index contributed by atoms with van der Waals surface area (Å²) in [6.07, 6.45) is 1.61. The molecule has 0 unspecified atom stereocenters. The maximum atomic E-state index is 13.3. The van der Waals surface area contributed by atoms with Gasteiger partial charge >= 0.3 is 0 Å². The second-order valence-corrected chi connectivity index (χ2v) is 2.95. The molecule has 0 aliphatic heterocycles. The molecule has 0 fully saturated rings. The molecule has 0 bridgehead atoms. The third kappa shape index (κ3) is 1.45. The van der Waals surface area contributed by atoms with E-state index in [2.05, 4.69) is 10.2 Å². The number of H-pyrrole nitrogens is 1. The van der Waals surface area contributed by atoms with Gasteiger partial charge in [-0.15, -0.1) is 0 Å². The van der Waals surface area contributed by atoms with Crippen molar-refractivity contribution in [2.24, 2.45) is 0 Å². The van der Waals surface area contributed by atoms with E-state index in [9.17, 15) is 4.39 Å². The van der Waals surface area contributed by atoms with Crippen molar-refractivity contribution in [3.63, 3.8) is 0 Å². The van der Waals surface area contributed by atoms with Gasteiger partial charge in [0.05, 0.1) is 5.69 Å². The van der Waals surface area contributed by atoms with Crippen LogP contribution in [0.5, 0.6) is 0 Å². The number of aromatic nitrogens is 2. The van der Waals surface area contributed by atoms with Crippen LogP contribution in [0.3, 0.4) is 0 Å². The number of halogens is 1. The maximum absolute atomic E-state index is 13.3. The van der Waals surface area contributed by atoms with Gasteiger partial charge in [0.15, 0.2) is 0 Å². The quantitative estimate of drug-likeness (QED) is 0.710. The minimum Gasteiger partial charge on any atom is -0.278 e. The van der Waals surface area contributed by atoms with Crippen LogP contribution < -0.4 is 0 Å². The summed E-state index contributed by atoms with van der Waals surface area (Å²) < 4.78 is 13.3. The molecule has 1 aromatic heterocycles. The number of benzene rings is 1. The highest BCUT2D eigenvalue weighted by Gasteiger charge is 2.05. The van der Waals surface area contributed by atoms with E-state index in [4.69, 9.17) is 0 Å². The van der Waals surface area contributed by atoms with Gasteiger partial charge in [-0.2, -0.15) is 5.10 Å². The zero-order valence-corrected chi connectivity index (χ0v) is 7.21. The van der Waals surface area contributed by atoms with Crippen molar-refractivity contribution < 1.29 is 4.39 Å². The number of nitrogens with zero attached hydrogens (tertiary/aromatic N) is 1. The summed E-state index contributed by atoms with van der Waals surface area (Å²) in [5, 5.41) is 6.51. The van der Waals surface area contributed by atoms with Crippen molar-refractivity contribution >= 4 is 0 Å². The van der Waals surface area contributed by atoms with E-state index in [1.54, 1.807) is 24.4 Å². The Hall–Kier alpha value is -1.64. The summed E-state index contributed by atoms with van der Waals surface area (Å²) in [5.74, 6) is -0.227. The first-order chi connectivity index (χ1) is 6.27. The molecule has 0 aliphatic carbocycles. The zero-order chi connectivity index (χ0) is 9.26. The third-order valence-corrected chi connectivity index (χ3v) is 1.91. The van der Waals surface area contributed by atoms with Gasteiger partial charge in [-0.25, -0.2) is 4.39 Å². The molecule has 0 amide bonds. The number of hydrogen-bond donors (Lipinski definition) is 1. The van der Waals surface area contributed by atoms with Crippen molar-refractivity contribution in [3.8, 4) is 11.3 Å². The standard InChI is InChI=1S/C10H9FN2/c1-7-2-3-9(11)8(6-7)10-4-5-12-13-10/h2-6H,1H3,(H,12,13). The van der Waals surface area contributed by atoms with Gasteiger partial charge < -0.3 is 0 Å². The van der Waals surface area contributed by atoms with Crippen molar-refractivity contribution in [1.82, 2.24) is 10.2 Å². The Morgan fingerprint density at radius 2 is 2.15 bits per heavy atom. The van der Waals surface area contributed by atoms with Crippen LogP contribution in [0.4, 0.5) is 4.39 Å². The van der Waals surface area contributed by atoms with Crippen molar-refractivity contribution in [2.45, 2.75) is 6.92 Å². The molecule has 13 heavy (non-hydrogen) atoms. The summed E-state index contributed by atoms with van der Waals surface area (Å²) in [6, 6.07) is 6.75. The molecule has 2 nitrogen and oxygen atoms in total. The number of aromatic amines is 1. The molecule has 0 aliphatic rings. The van der Waals surface area contributed by atoms with E-state index in [0.29, 0.717) is 11.3 Å². The van der Waals surface area contributed by atoms with E-state index in [1.165, 1.54) is 6.07 Å². The molecule has 2 rings (SSSR count). The fourth-order valence-electron chi connectivity index (χ4n) is 1.25. The predicted molar refractivity (Wildman–Crippen MR) is 48.7 cm³/mol. The van der Waals surface area contributed by atoms with Gasteiger partial charge in [-0.05, 0) is 25.1 Å². The molecule has 1 heterocycles. The molecule has 0 saturated carbocycles. The summed E-state index contributed by atoms with van der Waals surface area (Å²) in [7, 11) is 0. The lowest BCUT2D eigenvalue weighted by molar-refractivity contribution is 0.630. The Labute approximate surface area is 75.4 Å². The van der Waals surface area contributed by atoms with Crippen molar-refractivity contribution in [2.75, 3.05) is 0 Å². The average Bonchev–Trinajstić information content (AvgIpc) is 2.61. The second kappa shape index (κ2) is 3.01. The average molecular weight is 176 g/mol. The Morgan fingerprint density at radius 3 is 2.85 bits per heavy atom. The maximum Gasteiger partial charge on any atom is 0.132 e. The van der Waals surface area contributed by atoms with Crippen LogP contribution in [0, 0.1) is 12.7 Å². The summed E-state index contributed by atoms with van der Waals surface area (Å²) in [6.45, 7) is 1.93. The van der Waals surface area contributed by atoms with Gasteiger partial charge in [0.2, 0.25) is 0 Å². The van der Waals surface area contributed by atoms with E-state index in [1.807, 2.05) is 6.92 Å². The molecule has 2 aromatic rings. The zero-order valence-electron chi connectivity index (χ0n) is 7.21. The van der Waals surface area contributed by atoms with E-state index >= 15 is 0 Å². The lowest BCUT2D eigenvalue weighted by Gasteiger charge is -2.00. The fraction of sp³-hybridized carbons (Fsp3) is 0.100. The van der Waals surface area contributed by atoms with Crippen LogP contribution in [-0.4, -0.2) is 10.2 Å². The lowest BCUT2D eigenvalue weighted by atomic mass is 10.1. The largest absolute Gasteiger partial charge is 0.278 e. The Bertz CT molecular complexity index is 407. The van der Waals surface area contributed by atoms with E-state index in [0.717, 1.165) is 5.56 Å². The highest BCUT2D eigenvalue weighted by molar-refractivity contribution is 5.60. The normalized spacial score (nSPS) is 10.3. The van der Waals surface area contributed by atoms with E-state index in [-0.39, 0.29) is 5.82 Å². The second-order valence-electron chi connectivity index (χ2n) is 2.95. The van der Waals surface area contributed by atoms with Gasteiger partial charge in [-0.3, -0.25) is 5.10 Å². The van der Waals surface area contributed by atoms with Crippen LogP contribution in [-0.2, 0) is 0 Å². The summed E-state index contributed by atoms with van der Waals surface area (Å²) in [4.78, 5) is 0. The molecule has 0 atom stereocenters. The van der Waals surface area contributed by atoms with Gasteiger partial charge in [-0.1, -0.05) is 11.6 Å². The predicted octanol–water partition coefficient (Wildman–Crippen LogP) is 2.52. The summed E-state index contributed by atoms with van der Waals surface area (Å²) in [5.41, 5.74) is 2.31. The highest BCUT2D eigenvalue weighted by atomic mass is 19.1. The first kappa shape index (κ1) is 7.98. The van der Waals surface area contributed by atoms with Crippen LogP contribution in [0.2, 0.25) is 0 Å². The lowest BCUT2D eigenvalue weighted by Crippen LogP contribution is -1.85. The number of hydrogen-bond acceptors (Lipinski definition) is 1.